The summed E-state index contributed by atoms with van der Waals surface area (Å²) in [6.45, 7) is 2.61. The smallest absolute Gasteiger partial charge is 0.189 e. The van der Waals surface area contributed by atoms with Gasteiger partial charge in [-0.15, -0.1) is 0 Å². The first kappa shape index (κ1) is 10.1. The first-order valence-corrected chi connectivity index (χ1v) is 5.34. The molecule has 12 heavy (non-hydrogen) atoms. The van der Waals surface area contributed by atoms with Crippen LogP contribution in [0.3, 0.4) is 0 Å². The SMILES string of the molecule is CCCCCC1OCOC1=CBr. The minimum Gasteiger partial charge on any atom is -0.469 e. The standard InChI is InChI=1S/C9H15BrO2/c1-2-3-4-5-8-9(6-10)12-7-11-8/h6,8H,2-5,7H2,1H3. The van der Waals surface area contributed by atoms with E-state index in [4.69, 9.17) is 9.47 Å². The van der Waals surface area contributed by atoms with Gasteiger partial charge in [-0.3, -0.25) is 0 Å². The Morgan fingerprint density at radius 2 is 2.42 bits per heavy atom. The van der Waals surface area contributed by atoms with Gasteiger partial charge in [-0.25, -0.2) is 0 Å². The number of halogens is 1. The molecule has 0 aromatic carbocycles. The van der Waals surface area contributed by atoms with Crippen LogP contribution in [0, 0.1) is 0 Å². The van der Waals surface area contributed by atoms with Gasteiger partial charge in [-0.05, 0) is 6.42 Å². The minimum atomic E-state index is 0.191. The van der Waals surface area contributed by atoms with E-state index in [-0.39, 0.29) is 6.10 Å². The summed E-state index contributed by atoms with van der Waals surface area (Å²) < 4.78 is 10.6. The molecule has 0 bridgehead atoms. The van der Waals surface area contributed by atoms with Gasteiger partial charge in [-0.2, -0.15) is 0 Å². The number of hydrogen-bond donors (Lipinski definition) is 0. The first-order chi connectivity index (χ1) is 5.88. The second-order valence-corrected chi connectivity index (χ2v) is 3.38. The van der Waals surface area contributed by atoms with Crippen molar-refractivity contribution in [1.82, 2.24) is 0 Å². The molecule has 0 aromatic rings. The molecule has 70 valence electrons. The Morgan fingerprint density at radius 3 is 3.08 bits per heavy atom. The van der Waals surface area contributed by atoms with Gasteiger partial charge in [0.15, 0.2) is 6.79 Å². The molecule has 0 amide bonds. The van der Waals surface area contributed by atoms with Crippen molar-refractivity contribution in [1.29, 1.82) is 0 Å². The van der Waals surface area contributed by atoms with Crippen LogP contribution in [0.4, 0.5) is 0 Å². The molecule has 0 saturated carbocycles. The van der Waals surface area contributed by atoms with Gasteiger partial charge in [0, 0.05) is 4.99 Å². The van der Waals surface area contributed by atoms with E-state index in [0.29, 0.717) is 6.79 Å². The van der Waals surface area contributed by atoms with Crippen molar-refractivity contribution in [2.24, 2.45) is 0 Å². The van der Waals surface area contributed by atoms with E-state index in [0.717, 1.165) is 12.2 Å². The molecule has 0 aliphatic carbocycles. The van der Waals surface area contributed by atoms with Crippen molar-refractivity contribution in [3.05, 3.63) is 10.7 Å². The molecule has 1 saturated heterocycles. The van der Waals surface area contributed by atoms with E-state index in [1.165, 1.54) is 19.3 Å². The predicted molar refractivity (Wildman–Crippen MR) is 52.0 cm³/mol. The monoisotopic (exact) mass is 234 g/mol. The van der Waals surface area contributed by atoms with Gasteiger partial charge in [0.25, 0.3) is 0 Å². The van der Waals surface area contributed by atoms with Crippen molar-refractivity contribution in [2.75, 3.05) is 6.79 Å². The second kappa shape index (κ2) is 5.60. The second-order valence-electron chi connectivity index (χ2n) is 2.92. The molecule has 0 spiro atoms. The highest BCUT2D eigenvalue weighted by Gasteiger charge is 2.21. The third-order valence-electron chi connectivity index (χ3n) is 1.99. The lowest BCUT2D eigenvalue weighted by Gasteiger charge is -2.06. The van der Waals surface area contributed by atoms with Crippen LogP contribution in [0.2, 0.25) is 0 Å². The zero-order chi connectivity index (χ0) is 8.81. The molecule has 1 atom stereocenters. The molecule has 2 nitrogen and oxygen atoms in total. The van der Waals surface area contributed by atoms with Crippen molar-refractivity contribution in [3.8, 4) is 0 Å². The molecule has 0 radical (unpaired) electrons. The zero-order valence-electron chi connectivity index (χ0n) is 7.38. The minimum absolute atomic E-state index is 0.191. The van der Waals surface area contributed by atoms with Gasteiger partial charge < -0.3 is 9.47 Å². The van der Waals surface area contributed by atoms with Gasteiger partial charge in [-0.1, -0.05) is 42.1 Å². The Balaban J connectivity index is 2.22. The molecule has 1 fully saturated rings. The summed E-state index contributed by atoms with van der Waals surface area (Å²) in [6.07, 6.45) is 5.01. The Morgan fingerprint density at radius 1 is 1.58 bits per heavy atom. The Labute approximate surface area is 82.1 Å². The fourth-order valence-corrected chi connectivity index (χ4v) is 1.69. The lowest BCUT2D eigenvalue weighted by Crippen LogP contribution is -2.06. The highest BCUT2D eigenvalue weighted by molar-refractivity contribution is 9.11. The molecule has 1 aliphatic heterocycles. The highest BCUT2D eigenvalue weighted by atomic mass is 79.9. The summed E-state index contributed by atoms with van der Waals surface area (Å²) in [6, 6.07) is 0. The molecular weight excluding hydrogens is 220 g/mol. The molecule has 0 aromatic heterocycles. The summed E-state index contributed by atoms with van der Waals surface area (Å²) in [5.41, 5.74) is 0. The summed E-state index contributed by atoms with van der Waals surface area (Å²) in [5.74, 6) is 0.936. The first-order valence-electron chi connectivity index (χ1n) is 4.43. The molecule has 3 heteroatoms. The van der Waals surface area contributed by atoms with Gasteiger partial charge in [0.05, 0.1) is 0 Å². The molecular formula is C9H15BrO2. The topological polar surface area (TPSA) is 18.5 Å². The van der Waals surface area contributed by atoms with Crippen LogP contribution < -0.4 is 0 Å². The largest absolute Gasteiger partial charge is 0.469 e. The van der Waals surface area contributed by atoms with Crippen molar-refractivity contribution < 1.29 is 9.47 Å². The molecule has 1 rings (SSSR count). The average molecular weight is 235 g/mol. The molecule has 0 N–H and O–H groups in total. The van der Waals surface area contributed by atoms with Crippen LogP contribution in [0.25, 0.3) is 0 Å². The maximum Gasteiger partial charge on any atom is 0.189 e. The van der Waals surface area contributed by atoms with E-state index < -0.39 is 0 Å². The quantitative estimate of drug-likeness (QED) is 0.696. The fourth-order valence-electron chi connectivity index (χ4n) is 1.27. The average Bonchev–Trinajstić information content (AvgIpc) is 2.52. The van der Waals surface area contributed by atoms with Crippen LogP contribution in [0.1, 0.15) is 32.6 Å². The van der Waals surface area contributed by atoms with Crippen LogP contribution in [0.5, 0.6) is 0 Å². The molecule has 1 heterocycles. The number of ether oxygens (including phenoxy) is 2. The third kappa shape index (κ3) is 2.79. The summed E-state index contributed by atoms with van der Waals surface area (Å²) in [4.78, 5) is 1.82. The van der Waals surface area contributed by atoms with Crippen molar-refractivity contribution in [2.45, 2.75) is 38.7 Å². The third-order valence-corrected chi connectivity index (χ3v) is 2.44. The van der Waals surface area contributed by atoms with Crippen LogP contribution in [0.15, 0.2) is 10.7 Å². The maximum atomic E-state index is 5.38. The Kier molecular flexibility index (Phi) is 4.69. The molecule has 1 aliphatic rings. The van der Waals surface area contributed by atoms with E-state index in [9.17, 15) is 0 Å². The van der Waals surface area contributed by atoms with E-state index in [2.05, 4.69) is 22.9 Å². The fraction of sp³-hybridized carbons (Fsp3) is 0.778. The van der Waals surface area contributed by atoms with Crippen LogP contribution in [-0.4, -0.2) is 12.9 Å². The summed E-state index contributed by atoms with van der Waals surface area (Å²) in [5, 5.41) is 0. The number of unbranched alkanes of at least 4 members (excludes halogenated alkanes) is 2. The highest BCUT2D eigenvalue weighted by Crippen LogP contribution is 2.22. The van der Waals surface area contributed by atoms with Crippen LogP contribution in [-0.2, 0) is 9.47 Å². The van der Waals surface area contributed by atoms with E-state index in [1.54, 1.807) is 0 Å². The summed E-state index contributed by atoms with van der Waals surface area (Å²) >= 11 is 3.26. The normalized spacial score (nSPS) is 26.2. The zero-order valence-corrected chi connectivity index (χ0v) is 8.97. The van der Waals surface area contributed by atoms with Gasteiger partial charge in [0.2, 0.25) is 0 Å². The van der Waals surface area contributed by atoms with E-state index >= 15 is 0 Å². The predicted octanol–water partition coefficient (Wildman–Crippen LogP) is 3.18. The lowest BCUT2D eigenvalue weighted by molar-refractivity contribution is 0.0463. The van der Waals surface area contributed by atoms with Crippen molar-refractivity contribution >= 4 is 15.9 Å². The Hall–Kier alpha value is -0.0200. The number of hydrogen-bond acceptors (Lipinski definition) is 2. The van der Waals surface area contributed by atoms with E-state index in [1.807, 2.05) is 4.99 Å². The van der Waals surface area contributed by atoms with Crippen LogP contribution >= 0.6 is 15.9 Å². The lowest BCUT2D eigenvalue weighted by atomic mass is 10.1. The van der Waals surface area contributed by atoms with Gasteiger partial charge >= 0.3 is 0 Å². The number of rotatable bonds is 4. The van der Waals surface area contributed by atoms with Gasteiger partial charge in [0.1, 0.15) is 11.9 Å². The maximum absolute atomic E-state index is 5.38. The summed E-state index contributed by atoms with van der Waals surface area (Å²) in [7, 11) is 0. The molecule has 1 unspecified atom stereocenters. The van der Waals surface area contributed by atoms with Crippen molar-refractivity contribution in [3.63, 3.8) is 0 Å². The Bertz CT molecular complexity index is 157.